The Bertz CT molecular complexity index is 430. The van der Waals surface area contributed by atoms with Gasteiger partial charge in [-0.1, -0.05) is 17.7 Å². The minimum absolute atomic E-state index is 0.0687. The first kappa shape index (κ1) is 11.5. The highest BCUT2D eigenvalue weighted by Gasteiger charge is 2.13. The topological polar surface area (TPSA) is 80.1 Å². The molecule has 0 bridgehead atoms. The SMILES string of the molecule is NS(=O)(=O)c1cc(Cl)ccc1CC[O]. The molecule has 0 heterocycles. The Labute approximate surface area is 87.4 Å². The maximum atomic E-state index is 11.1. The molecule has 6 heteroatoms. The number of hydrogen-bond donors (Lipinski definition) is 1. The Morgan fingerprint density at radius 1 is 1.36 bits per heavy atom. The summed E-state index contributed by atoms with van der Waals surface area (Å²) in [7, 11) is -3.80. The Kier molecular flexibility index (Phi) is 3.49. The van der Waals surface area contributed by atoms with E-state index < -0.39 is 10.0 Å². The van der Waals surface area contributed by atoms with Crippen LogP contribution in [0.15, 0.2) is 23.1 Å². The van der Waals surface area contributed by atoms with E-state index in [0.29, 0.717) is 5.56 Å². The van der Waals surface area contributed by atoms with Crippen LogP contribution in [-0.2, 0) is 21.6 Å². The molecule has 0 aliphatic heterocycles. The van der Waals surface area contributed by atoms with Crippen molar-refractivity contribution in [1.82, 2.24) is 0 Å². The molecule has 1 rings (SSSR count). The van der Waals surface area contributed by atoms with Gasteiger partial charge in [-0.05, 0) is 17.7 Å². The lowest BCUT2D eigenvalue weighted by molar-refractivity contribution is 0.196. The Morgan fingerprint density at radius 3 is 2.50 bits per heavy atom. The highest BCUT2D eigenvalue weighted by molar-refractivity contribution is 7.89. The number of halogens is 1. The molecule has 0 saturated carbocycles. The summed E-state index contributed by atoms with van der Waals surface area (Å²) in [5.41, 5.74) is 0.409. The predicted octanol–water partition coefficient (Wildman–Crippen LogP) is 0.960. The molecule has 0 atom stereocenters. The molecule has 2 N–H and O–H groups in total. The van der Waals surface area contributed by atoms with Crippen molar-refractivity contribution in [2.24, 2.45) is 5.14 Å². The summed E-state index contributed by atoms with van der Waals surface area (Å²) in [5.74, 6) is 0. The number of hydrogen-bond acceptors (Lipinski definition) is 2. The summed E-state index contributed by atoms with van der Waals surface area (Å²) in [6, 6.07) is 4.28. The average Bonchev–Trinajstić information content (AvgIpc) is 2.07. The van der Waals surface area contributed by atoms with Gasteiger partial charge in [0.15, 0.2) is 0 Å². The summed E-state index contributed by atoms with van der Waals surface area (Å²) in [5, 5.41) is 15.6. The smallest absolute Gasteiger partial charge is 0.236 e. The number of nitrogens with two attached hydrogens (primary N) is 1. The van der Waals surface area contributed by atoms with Gasteiger partial charge in [-0.15, -0.1) is 0 Å². The van der Waals surface area contributed by atoms with Gasteiger partial charge < -0.3 is 0 Å². The largest absolute Gasteiger partial charge is 0.238 e. The van der Waals surface area contributed by atoms with Crippen LogP contribution in [0.3, 0.4) is 0 Å². The summed E-state index contributed by atoms with van der Waals surface area (Å²) in [4.78, 5) is -0.0687. The standard InChI is InChI=1S/C8H9ClNO3S/c9-7-2-1-6(3-4-11)8(5-7)14(10,12)13/h1-2,5H,3-4H2,(H2,10,12,13). The zero-order chi connectivity index (χ0) is 10.8. The van der Waals surface area contributed by atoms with Crippen molar-refractivity contribution in [1.29, 1.82) is 0 Å². The van der Waals surface area contributed by atoms with Gasteiger partial charge in [0.1, 0.15) is 0 Å². The molecule has 0 fully saturated rings. The van der Waals surface area contributed by atoms with Crippen molar-refractivity contribution in [2.75, 3.05) is 6.61 Å². The second-order valence-corrected chi connectivity index (χ2v) is 4.72. The van der Waals surface area contributed by atoms with E-state index in [9.17, 15) is 13.5 Å². The van der Waals surface area contributed by atoms with Crippen molar-refractivity contribution in [3.05, 3.63) is 28.8 Å². The first-order chi connectivity index (χ1) is 6.45. The van der Waals surface area contributed by atoms with Gasteiger partial charge >= 0.3 is 0 Å². The van der Waals surface area contributed by atoms with Crippen molar-refractivity contribution < 1.29 is 13.5 Å². The highest BCUT2D eigenvalue weighted by Crippen LogP contribution is 2.19. The highest BCUT2D eigenvalue weighted by atomic mass is 35.5. The van der Waals surface area contributed by atoms with Gasteiger partial charge in [-0.25, -0.2) is 18.7 Å². The van der Waals surface area contributed by atoms with Gasteiger partial charge in [-0.2, -0.15) is 0 Å². The fourth-order valence-corrected chi connectivity index (χ4v) is 2.17. The maximum absolute atomic E-state index is 11.1. The molecule has 0 unspecified atom stereocenters. The van der Waals surface area contributed by atoms with E-state index >= 15 is 0 Å². The van der Waals surface area contributed by atoms with Crippen LogP contribution in [0.1, 0.15) is 5.56 Å². The van der Waals surface area contributed by atoms with Gasteiger partial charge in [0.2, 0.25) is 10.0 Å². The first-order valence-corrected chi connectivity index (χ1v) is 5.77. The van der Waals surface area contributed by atoms with Crippen molar-refractivity contribution in [2.45, 2.75) is 11.3 Å². The van der Waals surface area contributed by atoms with Crippen LogP contribution in [0.5, 0.6) is 0 Å². The molecule has 1 aromatic rings. The van der Waals surface area contributed by atoms with E-state index in [-0.39, 0.29) is 22.9 Å². The van der Waals surface area contributed by atoms with Crippen molar-refractivity contribution in [3.63, 3.8) is 0 Å². The van der Waals surface area contributed by atoms with Crippen LogP contribution in [0.2, 0.25) is 5.02 Å². The molecule has 1 radical (unpaired) electrons. The zero-order valence-corrected chi connectivity index (χ0v) is 8.81. The summed E-state index contributed by atoms with van der Waals surface area (Å²) in [6.45, 7) is -0.385. The van der Waals surface area contributed by atoms with E-state index in [2.05, 4.69) is 0 Å². The Morgan fingerprint density at radius 2 is 2.00 bits per heavy atom. The molecule has 0 saturated heterocycles. The molecule has 0 amide bonds. The van der Waals surface area contributed by atoms with Crippen LogP contribution < -0.4 is 5.14 Å². The molecule has 0 aliphatic carbocycles. The van der Waals surface area contributed by atoms with Crippen LogP contribution >= 0.6 is 11.6 Å². The average molecular weight is 235 g/mol. The lowest BCUT2D eigenvalue weighted by atomic mass is 10.2. The third-order valence-electron chi connectivity index (χ3n) is 1.71. The summed E-state index contributed by atoms with van der Waals surface area (Å²) >= 11 is 5.62. The first-order valence-electron chi connectivity index (χ1n) is 3.84. The fourth-order valence-electron chi connectivity index (χ4n) is 1.11. The summed E-state index contributed by atoms with van der Waals surface area (Å²) in [6.07, 6.45) is 0.128. The molecule has 4 nitrogen and oxygen atoms in total. The van der Waals surface area contributed by atoms with Crippen LogP contribution in [0.4, 0.5) is 0 Å². The van der Waals surface area contributed by atoms with Gasteiger partial charge in [0, 0.05) is 11.4 Å². The van der Waals surface area contributed by atoms with Gasteiger partial charge in [-0.3, -0.25) is 0 Å². The van der Waals surface area contributed by atoms with E-state index in [1.807, 2.05) is 0 Å². The molecule has 0 spiro atoms. The van der Waals surface area contributed by atoms with Gasteiger partial charge in [0.05, 0.1) is 11.5 Å². The normalized spacial score (nSPS) is 11.6. The molecular formula is C8H9ClNO3S. The second kappa shape index (κ2) is 4.27. The van der Waals surface area contributed by atoms with Crippen LogP contribution in [0, 0.1) is 0 Å². The molecule has 14 heavy (non-hydrogen) atoms. The molecule has 0 aliphatic rings. The lowest BCUT2D eigenvalue weighted by Gasteiger charge is -2.05. The third kappa shape index (κ3) is 2.68. The Hall–Kier alpha value is -0.620. The second-order valence-electron chi connectivity index (χ2n) is 2.75. The quantitative estimate of drug-likeness (QED) is 0.845. The van der Waals surface area contributed by atoms with E-state index in [4.69, 9.17) is 16.7 Å². The Balaban J connectivity index is 3.30. The van der Waals surface area contributed by atoms with Crippen molar-refractivity contribution >= 4 is 21.6 Å². The zero-order valence-electron chi connectivity index (χ0n) is 7.23. The van der Waals surface area contributed by atoms with Crippen molar-refractivity contribution in [3.8, 4) is 0 Å². The number of rotatable bonds is 3. The van der Waals surface area contributed by atoms with Crippen LogP contribution in [0.25, 0.3) is 0 Å². The van der Waals surface area contributed by atoms with Gasteiger partial charge in [0.25, 0.3) is 0 Å². The third-order valence-corrected chi connectivity index (χ3v) is 2.94. The van der Waals surface area contributed by atoms with Crippen LogP contribution in [-0.4, -0.2) is 15.0 Å². The van der Waals surface area contributed by atoms with E-state index in [0.717, 1.165) is 0 Å². The predicted molar refractivity (Wildman–Crippen MR) is 52.1 cm³/mol. The number of sulfonamides is 1. The maximum Gasteiger partial charge on any atom is 0.238 e. The molecule has 1 aromatic carbocycles. The fraction of sp³-hybridized carbons (Fsp3) is 0.250. The summed E-state index contributed by atoms with van der Waals surface area (Å²) < 4.78 is 22.2. The minimum Gasteiger partial charge on any atom is -0.236 e. The molecular weight excluding hydrogens is 226 g/mol. The lowest BCUT2D eigenvalue weighted by Crippen LogP contribution is -2.15. The molecule has 77 valence electrons. The number of primary sulfonamides is 1. The molecule has 0 aromatic heterocycles. The van der Waals surface area contributed by atoms with E-state index in [1.165, 1.54) is 18.2 Å². The number of benzene rings is 1. The minimum atomic E-state index is -3.80. The monoisotopic (exact) mass is 234 g/mol. The van der Waals surface area contributed by atoms with E-state index in [1.54, 1.807) is 0 Å².